The summed E-state index contributed by atoms with van der Waals surface area (Å²) in [5.74, 6) is 1.05. The number of piperazine rings is 1. The van der Waals surface area contributed by atoms with Crippen LogP contribution in [0.2, 0.25) is 0 Å². The maximum Gasteiger partial charge on any atom is 0.242 e. The third kappa shape index (κ3) is 6.27. The van der Waals surface area contributed by atoms with Crippen LogP contribution in [0.25, 0.3) is 11.3 Å². The van der Waals surface area contributed by atoms with E-state index in [4.69, 9.17) is 0 Å². The molecule has 7 nitrogen and oxygen atoms in total. The van der Waals surface area contributed by atoms with Gasteiger partial charge in [0.1, 0.15) is 6.54 Å². The molecule has 36 heavy (non-hydrogen) atoms. The van der Waals surface area contributed by atoms with Crippen molar-refractivity contribution in [2.45, 2.75) is 33.2 Å². The quantitative estimate of drug-likeness (QED) is 0.472. The molecule has 0 unspecified atom stereocenters. The van der Waals surface area contributed by atoms with Crippen LogP contribution in [-0.4, -0.2) is 64.5 Å². The van der Waals surface area contributed by atoms with Crippen LogP contribution in [0, 0.1) is 5.92 Å². The summed E-state index contributed by atoms with van der Waals surface area (Å²) in [6, 6.07) is 23.7. The summed E-state index contributed by atoms with van der Waals surface area (Å²) in [5.41, 5.74) is 2.91. The number of hydrogen-bond acceptors (Lipinski definition) is 5. The Labute approximate surface area is 213 Å². The number of amides is 2. The molecule has 0 spiro atoms. The summed E-state index contributed by atoms with van der Waals surface area (Å²) in [4.78, 5) is 32.1. The molecule has 1 saturated heterocycles. The zero-order valence-corrected chi connectivity index (χ0v) is 21.4. The summed E-state index contributed by atoms with van der Waals surface area (Å²) < 4.78 is 0. The second-order valence-corrected chi connectivity index (χ2v) is 9.72. The molecule has 0 bridgehead atoms. The molecule has 0 saturated carbocycles. The van der Waals surface area contributed by atoms with Gasteiger partial charge in [-0.3, -0.25) is 9.59 Å². The van der Waals surface area contributed by atoms with Crippen molar-refractivity contribution in [1.29, 1.82) is 0 Å². The molecule has 1 aliphatic heterocycles. The van der Waals surface area contributed by atoms with Gasteiger partial charge < -0.3 is 14.7 Å². The standard InChI is InChI=1S/C29H35N5O2/c1-22(2)20-28(35)34(23(3)24-10-6-4-7-11-24)21-29(36)33-18-16-32(17-19-33)27-15-14-26(30-31-27)25-12-8-5-9-13-25/h4-15,22-23H,16-21H2,1-3H3/t23-/m1/s1. The van der Waals surface area contributed by atoms with Crippen LogP contribution in [-0.2, 0) is 9.59 Å². The van der Waals surface area contributed by atoms with Crippen LogP contribution in [0.3, 0.4) is 0 Å². The molecule has 188 valence electrons. The van der Waals surface area contributed by atoms with E-state index in [0.29, 0.717) is 32.6 Å². The Balaban J connectivity index is 1.37. The highest BCUT2D eigenvalue weighted by Gasteiger charge is 2.28. The van der Waals surface area contributed by atoms with E-state index in [2.05, 4.69) is 15.1 Å². The van der Waals surface area contributed by atoms with Crippen molar-refractivity contribution < 1.29 is 9.59 Å². The van der Waals surface area contributed by atoms with Crippen LogP contribution < -0.4 is 4.90 Å². The van der Waals surface area contributed by atoms with E-state index in [1.54, 1.807) is 4.90 Å². The van der Waals surface area contributed by atoms with Crippen molar-refractivity contribution in [2.75, 3.05) is 37.6 Å². The number of anilines is 1. The van der Waals surface area contributed by atoms with E-state index in [1.807, 2.05) is 98.5 Å². The lowest BCUT2D eigenvalue weighted by Crippen LogP contribution is -2.52. The maximum absolute atomic E-state index is 13.3. The van der Waals surface area contributed by atoms with Crippen LogP contribution in [0.15, 0.2) is 72.8 Å². The number of hydrogen-bond donors (Lipinski definition) is 0. The first-order valence-electron chi connectivity index (χ1n) is 12.7. The molecule has 4 rings (SSSR count). The summed E-state index contributed by atoms with van der Waals surface area (Å²) >= 11 is 0. The average Bonchev–Trinajstić information content (AvgIpc) is 2.92. The molecule has 0 radical (unpaired) electrons. The fourth-order valence-electron chi connectivity index (χ4n) is 4.51. The molecule has 0 N–H and O–H groups in total. The van der Waals surface area contributed by atoms with Crippen LogP contribution in [0.1, 0.15) is 38.8 Å². The number of aromatic nitrogens is 2. The van der Waals surface area contributed by atoms with Gasteiger partial charge in [0.05, 0.1) is 11.7 Å². The van der Waals surface area contributed by atoms with Crippen LogP contribution >= 0.6 is 0 Å². The van der Waals surface area contributed by atoms with Crippen molar-refractivity contribution in [2.24, 2.45) is 5.92 Å². The molecule has 0 aliphatic carbocycles. The normalized spacial score (nSPS) is 14.6. The smallest absolute Gasteiger partial charge is 0.242 e. The number of carbonyl (C=O) groups is 2. The van der Waals surface area contributed by atoms with E-state index in [1.165, 1.54) is 0 Å². The zero-order valence-electron chi connectivity index (χ0n) is 21.4. The Bertz CT molecular complexity index is 1130. The van der Waals surface area contributed by atoms with Gasteiger partial charge in [0.25, 0.3) is 0 Å². The predicted molar refractivity (Wildman–Crippen MR) is 142 cm³/mol. The van der Waals surface area contributed by atoms with Crippen molar-refractivity contribution in [3.63, 3.8) is 0 Å². The fourth-order valence-corrected chi connectivity index (χ4v) is 4.51. The maximum atomic E-state index is 13.3. The number of benzene rings is 2. The van der Waals surface area contributed by atoms with Crippen molar-refractivity contribution in [3.05, 3.63) is 78.4 Å². The molecule has 7 heteroatoms. The summed E-state index contributed by atoms with van der Waals surface area (Å²) in [6.45, 7) is 8.68. The van der Waals surface area contributed by atoms with Crippen molar-refractivity contribution in [1.82, 2.24) is 20.0 Å². The largest absolute Gasteiger partial charge is 0.352 e. The molecular formula is C29H35N5O2. The van der Waals surface area contributed by atoms with Gasteiger partial charge in [-0.2, -0.15) is 0 Å². The van der Waals surface area contributed by atoms with Gasteiger partial charge in [-0.15, -0.1) is 10.2 Å². The predicted octanol–water partition coefficient (Wildman–Crippen LogP) is 4.43. The minimum absolute atomic E-state index is 0.0138. The Kier molecular flexibility index (Phi) is 8.31. The fraction of sp³-hybridized carbons (Fsp3) is 0.379. The minimum atomic E-state index is -0.166. The summed E-state index contributed by atoms with van der Waals surface area (Å²) in [6.07, 6.45) is 0.426. The lowest BCUT2D eigenvalue weighted by atomic mass is 10.0. The second-order valence-electron chi connectivity index (χ2n) is 9.72. The molecule has 2 heterocycles. The van der Waals surface area contributed by atoms with E-state index in [9.17, 15) is 9.59 Å². The zero-order chi connectivity index (χ0) is 25.5. The van der Waals surface area contributed by atoms with Crippen molar-refractivity contribution in [3.8, 4) is 11.3 Å². The molecular weight excluding hydrogens is 450 g/mol. The third-order valence-electron chi connectivity index (χ3n) is 6.63. The minimum Gasteiger partial charge on any atom is -0.352 e. The molecule has 3 aromatic rings. The van der Waals surface area contributed by atoms with Crippen LogP contribution in [0.5, 0.6) is 0 Å². The van der Waals surface area contributed by atoms with Gasteiger partial charge in [-0.05, 0) is 30.5 Å². The van der Waals surface area contributed by atoms with E-state index < -0.39 is 0 Å². The van der Waals surface area contributed by atoms with Crippen molar-refractivity contribution >= 4 is 17.6 Å². The van der Waals surface area contributed by atoms with E-state index in [0.717, 1.165) is 22.6 Å². The lowest BCUT2D eigenvalue weighted by Gasteiger charge is -2.37. The number of nitrogens with zero attached hydrogens (tertiary/aromatic N) is 5. The van der Waals surface area contributed by atoms with Gasteiger partial charge in [0.2, 0.25) is 11.8 Å². The average molecular weight is 486 g/mol. The van der Waals surface area contributed by atoms with Gasteiger partial charge in [0.15, 0.2) is 5.82 Å². The molecule has 1 aliphatic rings. The van der Waals surface area contributed by atoms with Gasteiger partial charge in [-0.25, -0.2) is 0 Å². The van der Waals surface area contributed by atoms with E-state index in [-0.39, 0.29) is 30.3 Å². The molecule has 1 fully saturated rings. The Morgan fingerprint density at radius 2 is 1.47 bits per heavy atom. The monoisotopic (exact) mass is 485 g/mol. The van der Waals surface area contributed by atoms with Crippen LogP contribution in [0.4, 0.5) is 5.82 Å². The summed E-state index contributed by atoms with van der Waals surface area (Å²) in [5, 5.41) is 8.82. The highest BCUT2D eigenvalue weighted by Crippen LogP contribution is 2.23. The summed E-state index contributed by atoms with van der Waals surface area (Å²) in [7, 11) is 0. The highest BCUT2D eigenvalue weighted by atomic mass is 16.2. The highest BCUT2D eigenvalue weighted by molar-refractivity contribution is 5.85. The Morgan fingerprint density at radius 1 is 0.833 bits per heavy atom. The first kappa shape index (κ1) is 25.4. The third-order valence-corrected chi connectivity index (χ3v) is 6.63. The lowest BCUT2D eigenvalue weighted by molar-refractivity contribution is -0.143. The Morgan fingerprint density at radius 3 is 2.06 bits per heavy atom. The Hall–Kier alpha value is -3.74. The first-order valence-corrected chi connectivity index (χ1v) is 12.7. The second kappa shape index (κ2) is 11.8. The number of carbonyl (C=O) groups excluding carboxylic acids is 2. The van der Waals surface area contributed by atoms with E-state index >= 15 is 0 Å². The van der Waals surface area contributed by atoms with Gasteiger partial charge in [-0.1, -0.05) is 74.5 Å². The molecule has 1 atom stereocenters. The van der Waals surface area contributed by atoms with Gasteiger partial charge in [0, 0.05) is 38.2 Å². The SMILES string of the molecule is CC(C)CC(=O)N(CC(=O)N1CCN(c2ccc(-c3ccccc3)nn2)CC1)[C@H](C)c1ccccc1. The molecule has 2 amide bonds. The first-order chi connectivity index (χ1) is 17.4. The molecule has 2 aromatic carbocycles. The molecule has 1 aromatic heterocycles. The number of rotatable bonds is 8. The topological polar surface area (TPSA) is 69.6 Å². The van der Waals surface area contributed by atoms with Gasteiger partial charge >= 0.3 is 0 Å².